The van der Waals surface area contributed by atoms with Gasteiger partial charge in [-0.3, -0.25) is 4.98 Å². The molecule has 1 fully saturated rings. The van der Waals surface area contributed by atoms with Gasteiger partial charge in [-0.2, -0.15) is 0 Å². The molecule has 28 heavy (non-hydrogen) atoms. The Labute approximate surface area is 166 Å². The quantitative estimate of drug-likeness (QED) is 0.711. The molecule has 3 rings (SSSR count). The second-order valence-corrected chi connectivity index (χ2v) is 10.6. The van der Waals surface area contributed by atoms with Crippen molar-refractivity contribution < 1.29 is 16.8 Å². The van der Waals surface area contributed by atoms with Crippen LogP contribution in [0.25, 0.3) is 0 Å². The van der Waals surface area contributed by atoms with Gasteiger partial charge in [0.15, 0.2) is 0 Å². The predicted molar refractivity (Wildman–Crippen MR) is 106 cm³/mol. The topological polar surface area (TPSA) is 105 Å². The lowest BCUT2D eigenvalue weighted by Crippen LogP contribution is -2.40. The lowest BCUT2D eigenvalue weighted by atomic mass is 9.87. The number of nitrogens with one attached hydrogen (secondary N) is 2. The Kier molecular flexibility index (Phi) is 6.49. The summed E-state index contributed by atoms with van der Waals surface area (Å²) in [5, 5.41) is 0. The molecule has 7 nitrogen and oxygen atoms in total. The molecule has 0 radical (unpaired) electrons. The number of sulfonamides is 2. The van der Waals surface area contributed by atoms with Crippen molar-refractivity contribution in [3.63, 3.8) is 0 Å². The van der Waals surface area contributed by atoms with E-state index in [0.29, 0.717) is 5.92 Å². The van der Waals surface area contributed by atoms with Crippen molar-refractivity contribution in [1.82, 2.24) is 14.4 Å². The lowest BCUT2D eigenvalue weighted by molar-refractivity contribution is 0.310. The molecule has 0 saturated heterocycles. The zero-order valence-electron chi connectivity index (χ0n) is 15.7. The van der Waals surface area contributed by atoms with Gasteiger partial charge in [0.2, 0.25) is 20.0 Å². The number of aromatic nitrogens is 1. The highest BCUT2D eigenvalue weighted by atomic mass is 32.2. The summed E-state index contributed by atoms with van der Waals surface area (Å²) >= 11 is 0. The van der Waals surface area contributed by atoms with Crippen LogP contribution in [0.3, 0.4) is 0 Å². The molecule has 1 aromatic carbocycles. The molecular formula is C19H25N3O4S2. The van der Waals surface area contributed by atoms with Crippen LogP contribution in [0.5, 0.6) is 0 Å². The average molecular weight is 424 g/mol. The van der Waals surface area contributed by atoms with Crippen LogP contribution in [-0.4, -0.2) is 27.9 Å². The largest absolute Gasteiger partial charge is 0.265 e. The summed E-state index contributed by atoms with van der Waals surface area (Å²) in [4.78, 5) is 3.97. The maximum Gasteiger partial charge on any atom is 0.240 e. The minimum absolute atomic E-state index is 0.0199. The fraction of sp³-hybridized carbons (Fsp3) is 0.421. The van der Waals surface area contributed by atoms with Gasteiger partial charge in [0.25, 0.3) is 0 Å². The van der Waals surface area contributed by atoms with Crippen LogP contribution in [0.4, 0.5) is 0 Å². The van der Waals surface area contributed by atoms with Gasteiger partial charge < -0.3 is 0 Å². The van der Waals surface area contributed by atoms with Gasteiger partial charge in [0.1, 0.15) is 0 Å². The molecule has 1 aromatic heterocycles. The van der Waals surface area contributed by atoms with Gasteiger partial charge in [0, 0.05) is 25.0 Å². The molecular weight excluding hydrogens is 398 g/mol. The third-order valence-electron chi connectivity index (χ3n) is 5.08. The first kappa shape index (κ1) is 20.9. The average Bonchev–Trinajstić information content (AvgIpc) is 2.69. The van der Waals surface area contributed by atoms with Gasteiger partial charge in [-0.1, -0.05) is 19.8 Å². The van der Waals surface area contributed by atoms with Crippen molar-refractivity contribution in [3.8, 4) is 0 Å². The molecule has 1 saturated carbocycles. The number of rotatable bonds is 7. The first-order chi connectivity index (χ1) is 13.3. The van der Waals surface area contributed by atoms with E-state index in [1.807, 2.05) is 0 Å². The maximum atomic E-state index is 12.6. The van der Waals surface area contributed by atoms with Gasteiger partial charge in [-0.15, -0.1) is 0 Å². The van der Waals surface area contributed by atoms with Crippen LogP contribution >= 0.6 is 0 Å². The molecule has 1 aliphatic carbocycles. The minimum Gasteiger partial charge on any atom is -0.265 e. The summed E-state index contributed by atoms with van der Waals surface area (Å²) in [5.74, 6) is 0.292. The second kappa shape index (κ2) is 8.69. The Hall–Kier alpha value is -1.81. The Morgan fingerprint density at radius 1 is 0.893 bits per heavy atom. The van der Waals surface area contributed by atoms with E-state index in [1.165, 1.54) is 24.3 Å². The molecule has 9 heteroatoms. The number of pyridine rings is 1. The highest BCUT2D eigenvalue weighted by Crippen LogP contribution is 2.25. The van der Waals surface area contributed by atoms with E-state index in [0.717, 1.165) is 31.2 Å². The van der Waals surface area contributed by atoms with Crippen LogP contribution in [0.1, 0.15) is 38.2 Å². The fourth-order valence-corrected chi connectivity index (χ4v) is 5.72. The maximum absolute atomic E-state index is 12.6. The van der Waals surface area contributed by atoms with E-state index in [1.54, 1.807) is 24.5 Å². The lowest BCUT2D eigenvalue weighted by Gasteiger charge is -2.29. The third-order valence-corrected chi connectivity index (χ3v) is 8.00. The number of hydrogen-bond donors (Lipinski definition) is 2. The Bertz CT molecular complexity index is 991. The van der Waals surface area contributed by atoms with Crippen molar-refractivity contribution in [3.05, 3.63) is 54.4 Å². The SMILES string of the molecule is C[C@H]1CCCC[C@H]1NS(=O)(=O)c1ccc(S(=O)(=O)NCc2ccncc2)cc1. The Morgan fingerprint density at radius 2 is 1.46 bits per heavy atom. The second-order valence-electron chi connectivity index (χ2n) is 7.14. The van der Waals surface area contributed by atoms with E-state index < -0.39 is 20.0 Å². The Balaban J connectivity index is 1.69. The summed E-state index contributed by atoms with van der Waals surface area (Å²) < 4.78 is 55.4. The zero-order chi connectivity index (χ0) is 20.2. The van der Waals surface area contributed by atoms with E-state index in [4.69, 9.17) is 0 Å². The molecule has 0 unspecified atom stereocenters. The third kappa shape index (κ3) is 5.16. The minimum atomic E-state index is -3.74. The van der Waals surface area contributed by atoms with Crippen LogP contribution in [0.2, 0.25) is 0 Å². The molecule has 0 spiro atoms. The number of hydrogen-bond acceptors (Lipinski definition) is 5. The standard InChI is InChI=1S/C19H25N3O4S2/c1-15-4-2-3-5-19(15)22-28(25,26)18-8-6-17(7-9-18)27(23,24)21-14-16-10-12-20-13-11-16/h6-13,15,19,21-22H,2-5,14H2,1H3/t15-,19+/m0/s1. The van der Waals surface area contributed by atoms with E-state index in [-0.39, 0.29) is 22.4 Å². The van der Waals surface area contributed by atoms with E-state index in [2.05, 4.69) is 21.4 Å². The van der Waals surface area contributed by atoms with Crippen molar-refractivity contribution in [2.24, 2.45) is 5.92 Å². The van der Waals surface area contributed by atoms with Crippen LogP contribution in [0.15, 0.2) is 58.6 Å². The molecule has 2 aromatic rings. The van der Waals surface area contributed by atoms with Crippen molar-refractivity contribution in [2.45, 2.75) is 55.0 Å². The molecule has 1 aliphatic rings. The monoisotopic (exact) mass is 423 g/mol. The normalized spacial score (nSPS) is 20.8. The molecule has 0 bridgehead atoms. The van der Waals surface area contributed by atoms with Gasteiger partial charge in [0.05, 0.1) is 9.79 Å². The van der Waals surface area contributed by atoms with E-state index in [9.17, 15) is 16.8 Å². The van der Waals surface area contributed by atoms with E-state index >= 15 is 0 Å². The molecule has 152 valence electrons. The first-order valence-corrected chi connectivity index (χ1v) is 12.3. The summed E-state index contributed by atoms with van der Waals surface area (Å²) in [6.45, 7) is 2.18. The highest BCUT2D eigenvalue weighted by molar-refractivity contribution is 7.90. The highest BCUT2D eigenvalue weighted by Gasteiger charge is 2.27. The fourth-order valence-electron chi connectivity index (χ4n) is 3.32. The van der Waals surface area contributed by atoms with Crippen LogP contribution in [0, 0.1) is 5.92 Å². The van der Waals surface area contributed by atoms with Gasteiger partial charge in [-0.25, -0.2) is 26.3 Å². The summed E-state index contributed by atoms with van der Waals surface area (Å²) in [7, 11) is -7.42. The summed E-state index contributed by atoms with van der Waals surface area (Å²) in [6.07, 6.45) is 7.14. The van der Waals surface area contributed by atoms with Crippen molar-refractivity contribution in [2.75, 3.05) is 0 Å². The van der Waals surface area contributed by atoms with Crippen LogP contribution < -0.4 is 9.44 Å². The Morgan fingerprint density at radius 3 is 2.07 bits per heavy atom. The van der Waals surface area contributed by atoms with Gasteiger partial charge >= 0.3 is 0 Å². The number of benzene rings is 1. The molecule has 0 aliphatic heterocycles. The zero-order valence-corrected chi connectivity index (χ0v) is 17.3. The number of nitrogens with zero attached hydrogens (tertiary/aromatic N) is 1. The molecule has 1 heterocycles. The molecule has 2 atom stereocenters. The summed E-state index contributed by atoms with van der Waals surface area (Å²) in [6, 6.07) is 8.64. The van der Waals surface area contributed by atoms with Gasteiger partial charge in [-0.05, 0) is 60.7 Å². The van der Waals surface area contributed by atoms with Crippen molar-refractivity contribution >= 4 is 20.0 Å². The molecule has 2 N–H and O–H groups in total. The summed E-state index contributed by atoms with van der Waals surface area (Å²) in [5.41, 5.74) is 0.781. The smallest absolute Gasteiger partial charge is 0.240 e. The first-order valence-electron chi connectivity index (χ1n) is 9.29. The van der Waals surface area contributed by atoms with Crippen molar-refractivity contribution in [1.29, 1.82) is 0 Å². The van der Waals surface area contributed by atoms with Crippen LogP contribution in [-0.2, 0) is 26.6 Å². The molecule has 0 amide bonds. The predicted octanol–water partition coefficient (Wildman–Crippen LogP) is 2.42.